The highest BCUT2D eigenvalue weighted by molar-refractivity contribution is 7.85. The minimum absolute atomic E-state index is 0.191. The molecule has 1 aliphatic rings. The summed E-state index contributed by atoms with van der Waals surface area (Å²) in [6.45, 7) is 1.91. The smallest absolute Gasteiger partial charge is 0.282 e. The molecular formula is C15H12N2O6S. The molecule has 0 amide bonds. The number of ether oxygens (including phenoxy) is 1. The van der Waals surface area contributed by atoms with Crippen molar-refractivity contribution in [3.63, 3.8) is 0 Å². The Balaban J connectivity index is 1.86. The molecule has 9 heteroatoms. The molecule has 1 heterocycles. The first-order valence-electron chi connectivity index (χ1n) is 6.94. The van der Waals surface area contributed by atoms with Gasteiger partial charge in [-0.2, -0.15) is 0 Å². The lowest BCUT2D eigenvalue weighted by molar-refractivity contribution is -0.394. The van der Waals surface area contributed by atoms with Crippen LogP contribution in [0.25, 0.3) is 0 Å². The lowest BCUT2D eigenvalue weighted by Gasteiger charge is -2.01. The zero-order valence-corrected chi connectivity index (χ0v) is 13.3. The molecule has 2 aromatic rings. The van der Waals surface area contributed by atoms with E-state index in [1.807, 2.05) is 19.1 Å². The van der Waals surface area contributed by atoms with Gasteiger partial charge < -0.3 is 4.74 Å². The predicted octanol–water partition coefficient (Wildman–Crippen LogP) is 3.02. The predicted molar refractivity (Wildman–Crippen MR) is 85.0 cm³/mol. The number of nitro groups is 2. The van der Waals surface area contributed by atoms with Crippen molar-refractivity contribution >= 4 is 22.2 Å². The topological polar surface area (TPSA) is 116 Å². The fraction of sp³-hybridized carbons (Fsp3) is 0.200. The third kappa shape index (κ3) is 3.03. The molecule has 24 heavy (non-hydrogen) atoms. The van der Waals surface area contributed by atoms with Gasteiger partial charge in [-0.3, -0.25) is 24.4 Å². The normalized spacial score (nSPS) is 20.4. The number of epoxide rings is 1. The number of nitro benzene ring substituents is 2. The third-order valence-corrected chi connectivity index (χ3v) is 5.16. The van der Waals surface area contributed by atoms with Crippen molar-refractivity contribution in [1.29, 1.82) is 0 Å². The summed E-state index contributed by atoms with van der Waals surface area (Å²) in [5, 5.41) is 21.9. The molecule has 1 aliphatic heterocycles. The molecule has 3 rings (SSSR count). The second-order valence-corrected chi connectivity index (χ2v) is 6.82. The maximum atomic E-state index is 12.5. The minimum Gasteiger partial charge on any atom is -0.349 e. The number of rotatable bonds is 5. The van der Waals surface area contributed by atoms with Gasteiger partial charge in [0.15, 0.2) is 5.44 Å². The number of non-ortho nitro benzene ring substituents is 1. The summed E-state index contributed by atoms with van der Waals surface area (Å²) in [4.78, 5) is 21.1. The van der Waals surface area contributed by atoms with E-state index in [4.69, 9.17) is 4.74 Å². The fourth-order valence-electron chi connectivity index (χ4n) is 2.33. The number of aryl methyl sites for hydroxylation is 1. The average molecular weight is 348 g/mol. The first-order valence-corrected chi connectivity index (χ1v) is 8.15. The van der Waals surface area contributed by atoms with Crippen LogP contribution in [0.4, 0.5) is 11.4 Å². The monoisotopic (exact) mass is 348 g/mol. The van der Waals surface area contributed by atoms with Gasteiger partial charge in [0, 0.05) is 11.0 Å². The largest absolute Gasteiger partial charge is 0.349 e. The van der Waals surface area contributed by atoms with Gasteiger partial charge in [0.1, 0.15) is 6.10 Å². The van der Waals surface area contributed by atoms with E-state index < -0.39 is 37.9 Å². The van der Waals surface area contributed by atoms with Crippen LogP contribution in [0.1, 0.15) is 17.2 Å². The molecule has 3 atom stereocenters. The first-order chi connectivity index (χ1) is 11.4. The van der Waals surface area contributed by atoms with Crippen LogP contribution in [0.5, 0.6) is 0 Å². The van der Waals surface area contributed by atoms with Gasteiger partial charge in [0.25, 0.3) is 11.4 Å². The molecule has 0 saturated carbocycles. The molecule has 0 radical (unpaired) electrons. The molecule has 0 N–H and O–H groups in total. The van der Waals surface area contributed by atoms with Gasteiger partial charge in [-0.15, -0.1) is 0 Å². The summed E-state index contributed by atoms with van der Waals surface area (Å²) in [5.74, 6) is 0. The molecular weight excluding hydrogens is 336 g/mol. The van der Waals surface area contributed by atoms with Crippen LogP contribution in [-0.2, 0) is 15.5 Å². The first kappa shape index (κ1) is 16.2. The standard InChI is InChI=1S/C15H12N2O6S/c1-9-2-5-11(6-3-9)24(22)15-14(23-15)12-7-4-10(16(18)19)8-13(12)17(20)21/h2-8,14-15H,1H3/t14-,15-,24?/m0/s1. The zero-order chi connectivity index (χ0) is 17.4. The van der Waals surface area contributed by atoms with E-state index in [0.29, 0.717) is 4.90 Å². The summed E-state index contributed by atoms with van der Waals surface area (Å²) in [6, 6.07) is 10.4. The van der Waals surface area contributed by atoms with Gasteiger partial charge >= 0.3 is 0 Å². The van der Waals surface area contributed by atoms with E-state index >= 15 is 0 Å². The summed E-state index contributed by atoms with van der Waals surface area (Å²) >= 11 is 0. The Morgan fingerprint density at radius 1 is 1.04 bits per heavy atom. The van der Waals surface area contributed by atoms with Crippen LogP contribution >= 0.6 is 0 Å². The van der Waals surface area contributed by atoms with E-state index in [2.05, 4.69) is 0 Å². The van der Waals surface area contributed by atoms with Crippen LogP contribution in [0.3, 0.4) is 0 Å². The Labute approximate surface area is 138 Å². The van der Waals surface area contributed by atoms with Crippen LogP contribution in [0, 0.1) is 27.2 Å². The number of hydrogen-bond acceptors (Lipinski definition) is 6. The summed E-state index contributed by atoms with van der Waals surface area (Å²) in [7, 11) is -1.48. The van der Waals surface area contributed by atoms with Crippen molar-refractivity contribution in [3.8, 4) is 0 Å². The van der Waals surface area contributed by atoms with Crippen molar-refractivity contribution in [2.24, 2.45) is 0 Å². The van der Waals surface area contributed by atoms with Crippen LogP contribution < -0.4 is 0 Å². The highest BCUT2D eigenvalue weighted by atomic mass is 32.2. The molecule has 1 saturated heterocycles. The van der Waals surface area contributed by atoms with Crippen molar-refractivity contribution in [2.75, 3.05) is 0 Å². The molecule has 0 aromatic heterocycles. The Hall–Kier alpha value is -2.65. The summed E-state index contributed by atoms with van der Waals surface area (Å²) in [6.07, 6.45) is -0.714. The van der Waals surface area contributed by atoms with Gasteiger partial charge in [-0.05, 0) is 25.1 Å². The maximum absolute atomic E-state index is 12.5. The minimum atomic E-state index is -1.48. The van der Waals surface area contributed by atoms with Crippen molar-refractivity contribution in [2.45, 2.75) is 23.4 Å². The Morgan fingerprint density at radius 3 is 2.29 bits per heavy atom. The van der Waals surface area contributed by atoms with E-state index in [9.17, 15) is 24.4 Å². The quantitative estimate of drug-likeness (QED) is 0.466. The Bertz CT molecular complexity index is 852. The highest BCUT2D eigenvalue weighted by Crippen LogP contribution is 2.46. The highest BCUT2D eigenvalue weighted by Gasteiger charge is 2.48. The Kier molecular flexibility index (Phi) is 4.12. The molecule has 1 unspecified atom stereocenters. The van der Waals surface area contributed by atoms with Gasteiger partial charge in [0.2, 0.25) is 0 Å². The van der Waals surface area contributed by atoms with E-state index in [1.165, 1.54) is 12.1 Å². The van der Waals surface area contributed by atoms with E-state index in [1.54, 1.807) is 12.1 Å². The van der Waals surface area contributed by atoms with Gasteiger partial charge in [0.05, 0.1) is 32.3 Å². The number of hydrogen-bond donors (Lipinski definition) is 0. The fourth-order valence-corrected chi connectivity index (χ4v) is 3.60. The van der Waals surface area contributed by atoms with Crippen LogP contribution in [0.15, 0.2) is 47.4 Å². The lowest BCUT2D eigenvalue weighted by atomic mass is 10.1. The zero-order valence-electron chi connectivity index (χ0n) is 12.4. The van der Waals surface area contributed by atoms with E-state index in [-0.39, 0.29) is 11.3 Å². The summed E-state index contributed by atoms with van der Waals surface area (Å²) in [5.41, 5.74) is -0.265. The second kappa shape index (κ2) is 6.10. The molecule has 8 nitrogen and oxygen atoms in total. The van der Waals surface area contributed by atoms with Crippen molar-refractivity contribution < 1.29 is 18.8 Å². The third-order valence-electron chi connectivity index (χ3n) is 3.64. The second-order valence-electron chi connectivity index (χ2n) is 5.29. The molecule has 124 valence electrons. The SMILES string of the molecule is Cc1ccc(S(=O)[C@@H]2O[C@H]2c2ccc([N+](=O)[O-])cc2[N+](=O)[O-])cc1. The molecule has 2 aromatic carbocycles. The Morgan fingerprint density at radius 2 is 1.71 bits per heavy atom. The molecule has 0 bridgehead atoms. The maximum Gasteiger partial charge on any atom is 0.282 e. The van der Waals surface area contributed by atoms with Crippen LogP contribution in [0.2, 0.25) is 0 Å². The number of benzene rings is 2. The van der Waals surface area contributed by atoms with Crippen molar-refractivity contribution in [1.82, 2.24) is 0 Å². The number of nitrogens with zero attached hydrogens (tertiary/aromatic N) is 2. The summed E-state index contributed by atoms with van der Waals surface area (Å²) < 4.78 is 17.8. The van der Waals surface area contributed by atoms with Gasteiger partial charge in [-0.25, -0.2) is 0 Å². The lowest BCUT2D eigenvalue weighted by Crippen LogP contribution is -2.03. The molecule has 0 spiro atoms. The van der Waals surface area contributed by atoms with Crippen molar-refractivity contribution in [3.05, 3.63) is 73.8 Å². The molecule has 0 aliphatic carbocycles. The molecule has 1 fully saturated rings. The van der Waals surface area contributed by atoms with Gasteiger partial charge in [-0.1, -0.05) is 17.7 Å². The average Bonchev–Trinajstić information content (AvgIpc) is 3.34. The van der Waals surface area contributed by atoms with E-state index in [0.717, 1.165) is 11.6 Å². The van der Waals surface area contributed by atoms with Crippen LogP contribution in [-0.4, -0.2) is 19.5 Å².